The van der Waals surface area contributed by atoms with Crippen LogP contribution in [0.2, 0.25) is 10.0 Å². The fourth-order valence-electron chi connectivity index (χ4n) is 1.50. The van der Waals surface area contributed by atoms with Gasteiger partial charge in [0.25, 0.3) is 5.91 Å². The number of benzene rings is 1. The summed E-state index contributed by atoms with van der Waals surface area (Å²) in [7, 11) is 1.56. The zero-order chi connectivity index (χ0) is 15.3. The first-order valence-corrected chi connectivity index (χ1v) is 7.74. The smallest absolute Gasteiger partial charge is 0.252 e. The van der Waals surface area contributed by atoms with E-state index in [2.05, 4.69) is 5.32 Å². The molecular formula is C13H16Cl2INO3. The highest BCUT2D eigenvalue weighted by molar-refractivity contribution is 14.1. The summed E-state index contributed by atoms with van der Waals surface area (Å²) >= 11 is 13.9. The Balaban J connectivity index is 2.73. The van der Waals surface area contributed by atoms with Crippen molar-refractivity contribution in [2.75, 3.05) is 20.3 Å². The Morgan fingerprint density at radius 2 is 2.15 bits per heavy atom. The molecule has 1 aromatic carbocycles. The van der Waals surface area contributed by atoms with Crippen LogP contribution in [0.15, 0.2) is 12.1 Å². The predicted octanol–water partition coefficient (Wildman–Crippen LogP) is 3.12. The predicted molar refractivity (Wildman–Crippen MR) is 88.6 cm³/mol. The molecule has 4 nitrogen and oxygen atoms in total. The number of carbonyl (C=O) groups is 1. The van der Waals surface area contributed by atoms with Gasteiger partial charge in [-0.3, -0.25) is 4.79 Å². The number of carbonyl (C=O) groups excluding carboxylic acids is 1. The molecule has 1 rings (SSSR count). The van der Waals surface area contributed by atoms with E-state index in [0.717, 1.165) is 0 Å². The van der Waals surface area contributed by atoms with Crippen molar-refractivity contribution in [2.45, 2.75) is 18.9 Å². The van der Waals surface area contributed by atoms with E-state index in [1.807, 2.05) is 22.6 Å². The van der Waals surface area contributed by atoms with Gasteiger partial charge in [0.15, 0.2) is 0 Å². The molecule has 2 N–H and O–H groups in total. The molecule has 112 valence electrons. The third-order valence-electron chi connectivity index (χ3n) is 2.71. The molecule has 1 aromatic rings. The zero-order valence-corrected chi connectivity index (χ0v) is 14.8. The van der Waals surface area contributed by atoms with Crippen LogP contribution in [-0.4, -0.2) is 36.9 Å². The van der Waals surface area contributed by atoms with Crippen LogP contribution in [0, 0.1) is 3.57 Å². The van der Waals surface area contributed by atoms with Gasteiger partial charge in [0, 0.05) is 35.3 Å². The zero-order valence-electron chi connectivity index (χ0n) is 11.2. The van der Waals surface area contributed by atoms with Crippen LogP contribution < -0.4 is 5.32 Å². The Morgan fingerprint density at radius 1 is 1.50 bits per heavy atom. The first-order chi connectivity index (χ1) is 9.26. The maximum atomic E-state index is 12.1. The van der Waals surface area contributed by atoms with E-state index in [1.54, 1.807) is 26.2 Å². The molecule has 1 atom stereocenters. The number of methoxy groups -OCH3 is 1. The van der Waals surface area contributed by atoms with Crippen molar-refractivity contribution in [2.24, 2.45) is 0 Å². The molecule has 0 radical (unpaired) electrons. The van der Waals surface area contributed by atoms with Crippen molar-refractivity contribution in [1.29, 1.82) is 0 Å². The maximum absolute atomic E-state index is 12.1. The van der Waals surface area contributed by atoms with E-state index in [9.17, 15) is 9.90 Å². The minimum absolute atomic E-state index is 0.120. The summed E-state index contributed by atoms with van der Waals surface area (Å²) in [5.41, 5.74) is -0.634. The van der Waals surface area contributed by atoms with E-state index in [1.165, 1.54) is 0 Å². The second kappa shape index (κ2) is 7.79. The Bertz CT molecular complexity index is 495. The van der Waals surface area contributed by atoms with Gasteiger partial charge in [-0.2, -0.15) is 0 Å². The summed E-state index contributed by atoms with van der Waals surface area (Å²) in [6.45, 7) is 2.18. The van der Waals surface area contributed by atoms with Gasteiger partial charge in [0.05, 0.1) is 16.2 Å². The van der Waals surface area contributed by atoms with E-state index in [-0.39, 0.29) is 12.5 Å². The largest absolute Gasteiger partial charge is 0.388 e. The summed E-state index contributed by atoms with van der Waals surface area (Å²) in [6, 6.07) is 3.13. The van der Waals surface area contributed by atoms with E-state index < -0.39 is 5.60 Å². The molecular weight excluding hydrogens is 416 g/mol. The van der Waals surface area contributed by atoms with Crippen LogP contribution >= 0.6 is 45.8 Å². The second-order valence-electron chi connectivity index (χ2n) is 4.67. The Hall–Kier alpha value is -0.0800. The average molecular weight is 432 g/mol. The van der Waals surface area contributed by atoms with Gasteiger partial charge in [-0.05, 0) is 41.6 Å². The van der Waals surface area contributed by atoms with Gasteiger partial charge in [-0.25, -0.2) is 0 Å². The highest BCUT2D eigenvalue weighted by atomic mass is 127. The third-order valence-corrected chi connectivity index (χ3v) is 4.71. The third kappa shape index (κ3) is 5.37. The number of halogens is 3. The molecule has 20 heavy (non-hydrogen) atoms. The van der Waals surface area contributed by atoms with E-state index in [4.69, 9.17) is 27.9 Å². The van der Waals surface area contributed by atoms with Gasteiger partial charge in [0.1, 0.15) is 0 Å². The number of hydrogen-bond acceptors (Lipinski definition) is 3. The Labute approximate surface area is 141 Å². The molecule has 1 unspecified atom stereocenters. The lowest BCUT2D eigenvalue weighted by Crippen LogP contribution is -2.41. The monoisotopic (exact) mass is 431 g/mol. The first kappa shape index (κ1) is 18.0. The lowest BCUT2D eigenvalue weighted by Gasteiger charge is -2.23. The van der Waals surface area contributed by atoms with Gasteiger partial charge < -0.3 is 15.2 Å². The summed E-state index contributed by atoms with van der Waals surface area (Å²) in [4.78, 5) is 12.1. The molecule has 0 aliphatic rings. The lowest BCUT2D eigenvalue weighted by molar-refractivity contribution is 0.0243. The van der Waals surface area contributed by atoms with E-state index >= 15 is 0 Å². The van der Waals surface area contributed by atoms with Crippen LogP contribution in [0.5, 0.6) is 0 Å². The van der Waals surface area contributed by atoms with Crippen LogP contribution in [-0.2, 0) is 4.74 Å². The normalized spacial score (nSPS) is 13.9. The molecule has 0 aliphatic heterocycles. The molecule has 0 heterocycles. The van der Waals surface area contributed by atoms with Crippen molar-refractivity contribution in [3.63, 3.8) is 0 Å². The SMILES string of the molecule is COCCC(C)(O)CNC(=O)c1cc(Cl)cc(Cl)c1I. The highest BCUT2D eigenvalue weighted by Gasteiger charge is 2.22. The minimum Gasteiger partial charge on any atom is -0.388 e. The number of ether oxygens (including phenoxy) is 1. The van der Waals surface area contributed by atoms with Gasteiger partial charge in [0.2, 0.25) is 0 Å². The fourth-order valence-corrected chi connectivity index (χ4v) is 2.55. The molecule has 0 spiro atoms. The number of nitrogens with one attached hydrogen (secondary N) is 1. The van der Waals surface area contributed by atoms with Crippen molar-refractivity contribution in [3.8, 4) is 0 Å². The first-order valence-electron chi connectivity index (χ1n) is 5.91. The molecule has 0 saturated heterocycles. The Morgan fingerprint density at radius 3 is 2.75 bits per heavy atom. The lowest BCUT2D eigenvalue weighted by atomic mass is 10.0. The number of hydrogen-bond donors (Lipinski definition) is 2. The second-order valence-corrected chi connectivity index (χ2v) is 6.59. The molecule has 0 aromatic heterocycles. The summed E-state index contributed by atoms with van der Waals surface area (Å²) in [5, 5.41) is 13.6. The molecule has 0 saturated carbocycles. The van der Waals surface area contributed by atoms with Gasteiger partial charge in [-0.15, -0.1) is 0 Å². The fraction of sp³-hybridized carbons (Fsp3) is 0.462. The van der Waals surface area contributed by atoms with Gasteiger partial charge in [-0.1, -0.05) is 23.2 Å². The quantitative estimate of drug-likeness (QED) is 0.537. The van der Waals surface area contributed by atoms with Crippen LogP contribution in [0.1, 0.15) is 23.7 Å². The number of rotatable bonds is 6. The van der Waals surface area contributed by atoms with Gasteiger partial charge >= 0.3 is 0 Å². The molecule has 7 heteroatoms. The number of amides is 1. The summed E-state index contributed by atoms with van der Waals surface area (Å²) in [6.07, 6.45) is 0.428. The molecule has 0 fully saturated rings. The standard InChI is InChI=1S/C13H16Cl2INO3/c1-13(19,3-4-20-2)7-17-12(18)9-5-8(14)6-10(15)11(9)16/h5-6,19H,3-4,7H2,1-2H3,(H,17,18). The van der Waals surface area contributed by atoms with Crippen molar-refractivity contribution >= 4 is 51.7 Å². The van der Waals surface area contributed by atoms with Crippen LogP contribution in [0.25, 0.3) is 0 Å². The van der Waals surface area contributed by atoms with Crippen molar-refractivity contribution in [3.05, 3.63) is 31.3 Å². The molecule has 1 amide bonds. The van der Waals surface area contributed by atoms with Crippen molar-refractivity contribution in [1.82, 2.24) is 5.32 Å². The summed E-state index contributed by atoms with van der Waals surface area (Å²) < 4.78 is 5.54. The minimum atomic E-state index is -1.03. The Kier molecular flexibility index (Phi) is 7.00. The highest BCUT2D eigenvalue weighted by Crippen LogP contribution is 2.26. The van der Waals surface area contributed by atoms with Crippen LogP contribution in [0.4, 0.5) is 0 Å². The van der Waals surface area contributed by atoms with E-state index in [0.29, 0.717) is 32.2 Å². The van der Waals surface area contributed by atoms with Crippen LogP contribution in [0.3, 0.4) is 0 Å². The molecule has 0 aliphatic carbocycles. The number of aliphatic hydroxyl groups is 1. The average Bonchev–Trinajstić information content (AvgIpc) is 2.38. The topological polar surface area (TPSA) is 58.6 Å². The molecule has 0 bridgehead atoms. The van der Waals surface area contributed by atoms with Crippen molar-refractivity contribution < 1.29 is 14.6 Å². The maximum Gasteiger partial charge on any atom is 0.252 e. The summed E-state index contributed by atoms with van der Waals surface area (Å²) in [5.74, 6) is -0.323.